The van der Waals surface area contributed by atoms with Gasteiger partial charge in [-0.2, -0.15) is 0 Å². The Bertz CT molecular complexity index is 376. The minimum atomic E-state index is -1.27. The zero-order valence-electron chi connectivity index (χ0n) is 17.0. The Labute approximate surface area is 164 Å². The van der Waals surface area contributed by atoms with E-state index >= 15 is 0 Å². The highest BCUT2D eigenvalue weighted by Crippen LogP contribution is 2.16. The summed E-state index contributed by atoms with van der Waals surface area (Å²) in [5.74, 6) is -0.307. The van der Waals surface area contributed by atoms with Gasteiger partial charge in [0.25, 0.3) is 0 Å². The van der Waals surface area contributed by atoms with E-state index in [1.807, 2.05) is 0 Å². The maximum absolute atomic E-state index is 11.7. The first-order valence-electron chi connectivity index (χ1n) is 10.9. The van der Waals surface area contributed by atoms with Crippen LogP contribution in [0.4, 0.5) is 0 Å². The fraction of sp³-hybridized carbons (Fsp3) is 0.952. The normalized spacial score (nSPS) is 25.5. The molecule has 0 aromatic rings. The predicted octanol–water partition coefficient (Wildman–Crippen LogP) is 3.10. The minimum Gasteiger partial charge on any atom is -0.463 e. The van der Waals surface area contributed by atoms with Crippen molar-refractivity contribution in [3.8, 4) is 0 Å². The van der Waals surface area contributed by atoms with E-state index in [0.29, 0.717) is 6.42 Å². The molecule has 0 spiro atoms. The Morgan fingerprint density at radius 3 is 1.93 bits per heavy atom. The molecule has 0 saturated carbocycles. The molecule has 0 amide bonds. The molecule has 0 aliphatic carbocycles. The topological polar surface area (TPSA) is 96.2 Å². The van der Waals surface area contributed by atoms with Gasteiger partial charge in [0.1, 0.15) is 31.0 Å². The number of aliphatic hydroxyl groups is 3. The SMILES string of the molecule is CCCCCCCCCCCCCCC(=O)OC[C@H]1OC[C@@H](O)[C@@H](O)[C@@H]1O. The molecule has 1 aliphatic heterocycles. The van der Waals surface area contributed by atoms with E-state index < -0.39 is 24.4 Å². The number of hydrogen-bond acceptors (Lipinski definition) is 6. The molecule has 1 fully saturated rings. The second-order valence-electron chi connectivity index (χ2n) is 7.74. The molecule has 6 nitrogen and oxygen atoms in total. The number of ether oxygens (including phenoxy) is 2. The van der Waals surface area contributed by atoms with Gasteiger partial charge in [-0.3, -0.25) is 4.79 Å². The lowest BCUT2D eigenvalue weighted by Crippen LogP contribution is -2.54. The summed E-state index contributed by atoms with van der Waals surface area (Å²) in [6.45, 7) is 2.08. The quantitative estimate of drug-likeness (QED) is 0.295. The Hall–Kier alpha value is -0.690. The minimum absolute atomic E-state index is 0.0703. The van der Waals surface area contributed by atoms with E-state index in [-0.39, 0.29) is 19.2 Å². The molecule has 1 aliphatic rings. The summed E-state index contributed by atoms with van der Waals surface area (Å²) in [4.78, 5) is 11.7. The van der Waals surface area contributed by atoms with Crippen LogP contribution < -0.4 is 0 Å². The third kappa shape index (κ3) is 11.0. The number of hydrogen-bond donors (Lipinski definition) is 3. The van der Waals surface area contributed by atoms with Gasteiger partial charge in [0.15, 0.2) is 0 Å². The summed E-state index contributed by atoms with van der Waals surface area (Å²) < 4.78 is 10.3. The maximum atomic E-state index is 11.7. The second kappa shape index (κ2) is 15.3. The number of rotatable bonds is 15. The summed E-state index contributed by atoms with van der Waals surface area (Å²) in [5, 5.41) is 28.7. The number of esters is 1. The van der Waals surface area contributed by atoms with Crippen molar-refractivity contribution in [2.24, 2.45) is 0 Å². The lowest BCUT2D eigenvalue weighted by atomic mass is 10.0. The van der Waals surface area contributed by atoms with E-state index in [0.717, 1.165) is 19.3 Å². The van der Waals surface area contributed by atoms with Gasteiger partial charge in [-0.05, 0) is 6.42 Å². The molecular formula is C21H40O6. The van der Waals surface area contributed by atoms with Crippen molar-refractivity contribution in [3.63, 3.8) is 0 Å². The Balaban J connectivity index is 1.90. The largest absolute Gasteiger partial charge is 0.463 e. The zero-order chi connectivity index (χ0) is 19.9. The molecule has 6 heteroatoms. The molecule has 27 heavy (non-hydrogen) atoms. The number of aliphatic hydroxyl groups excluding tert-OH is 3. The van der Waals surface area contributed by atoms with Crippen molar-refractivity contribution in [1.29, 1.82) is 0 Å². The van der Waals surface area contributed by atoms with Crippen LogP contribution in [0.25, 0.3) is 0 Å². The first kappa shape index (κ1) is 24.3. The van der Waals surface area contributed by atoms with Crippen LogP contribution in [0.15, 0.2) is 0 Å². The van der Waals surface area contributed by atoms with Crippen molar-refractivity contribution in [2.75, 3.05) is 13.2 Å². The molecular weight excluding hydrogens is 348 g/mol. The lowest BCUT2D eigenvalue weighted by molar-refractivity contribution is -0.201. The molecule has 0 aromatic carbocycles. The van der Waals surface area contributed by atoms with Crippen molar-refractivity contribution >= 4 is 5.97 Å². The van der Waals surface area contributed by atoms with Crippen LogP contribution in [0.3, 0.4) is 0 Å². The average molecular weight is 389 g/mol. The van der Waals surface area contributed by atoms with Gasteiger partial charge in [-0.15, -0.1) is 0 Å². The monoisotopic (exact) mass is 388 g/mol. The predicted molar refractivity (Wildman–Crippen MR) is 104 cm³/mol. The zero-order valence-corrected chi connectivity index (χ0v) is 17.0. The highest BCUT2D eigenvalue weighted by molar-refractivity contribution is 5.69. The van der Waals surface area contributed by atoms with E-state index in [9.17, 15) is 20.1 Å². The van der Waals surface area contributed by atoms with Gasteiger partial charge in [0.2, 0.25) is 0 Å². The molecule has 1 saturated heterocycles. The van der Waals surface area contributed by atoms with Crippen molar-refractivity contribution < 1.29 is 29.6 Å². The molecule has 0 unspecified atom stereocenters. The molecule has 1 rings (SSSR count). The van der Waals surface area contributed by atoms with Crippen LogP contribution in [0.5, 0.6) is 0 Å². The molecule has 0 radical (unpaired) electrons. The van der Waals surface area contributed by atoms with E-state index in [2.05, 4.69) is 6.92 Å². The highest BCUT2D eigenvalue weighted by atomic mass is 16.6. The summed E-state index contributed by atoms with van der Waals surface area (Å²) in [5.41, 5.74) is 0. The molecule has 1 heterocycles. The van der Waals surface area contributed by atoms with Gasteiger partial charge in [0.05, 0.1) is 6.61 Å². The maximum Gasteiger partial charge on any atom is 0.305 e. The molecule has 160 valence electrons. The Kier molecular flexibility index (Phi) is 13.8. The summed E-state index contributed by atoms with van der Waals surface area (Å²) in [6, 6.07) is 0. The summed E-state index contributed by atoms with van der Waals surface area (Å²) in [6.07, 6.45) is 10.9. The van der Waals surface area contributed by atoms with Gasteiger partial charge >= 0.3 is 5.97 Å². The first-order chi connectivity index (χ1) is 13.1. The third-order valence-electron chi connectivity index (χ3n) is 5.25. The second-order valence-corrected chi connectivity index (χ2v) is 7.74. The van der Waals surface area contributed by atoms with Gasteiger partial charge in [-0.1, -0.05) is 77.6 Å². The van der Waals surface area contributed by atoms with E-state index in [1.165, 1.54) is 57.8 Å². The smallest absolute Gasteiger partial charge is 0.305 e. The van der Waals surface area contributed by atoms with Crippen LogP contribution >= 0.6 is 0 Å². The highest BCUT2D eigenvalue weighted by Gasteiger charge is 2.38. The van der Waals surface area contributed by atoms with Gasteiger partial charge in [-0.25, -0.2) is 0 Å². The fourth-order valence-corrected chi connectivity index (χ4v) is 3.37. The molecule has 3 N–H and O–H groups in total. The molecule has 0 bridgehead atoms. The van der Waals surface area contributed by atoms with Gasteiger partial charge in [0, 0.05) is 6.42 Å². The van der Waals surface area contributed by atoms with Crippen molar-refractivity contribution in [1.82, 2.24) is 0 Å². The van der Waals surface area contributed by atoms with Crippen LogP contribution in [0, 0.1) is 0 Å². The fourth-order valence-electron chi connectivity index (χ4n) is 3.37. The Morgan fingerprint density at radius 2 is 1.37 bits per heavy atom. The third-order valence-corrected chi connectivity index (χ3v) is 5.25. The first-order valence-corrected chi connectivity index (χ1v) is 10.9. The number of carbonyl (C=O) groups excluding carboxylic acids is 1. The lowest BCUT2D eigenvalue weighted by Gasteiger charge is -2.34. The van der Waals surface area contributed by atoms with Crippen LogP contribution in [-0.4, -0.2) is 58.9 Å². The Morgan fingerprint density at radius 1 is 0.852 bits per heavy atom. The molecule has 4 atom stereocenters. The van der Waals surface area contributed by atoms with Crippen molar-refractivity contribution in [3.05, 3.63) is 0 Å². The van der Waals surface area contributed by atoms with Crippen molar-refractivity contribution in [2.45, 2.75) is 115 Å². The standard InChI is InChI=1S/C21H40O6/c1-2-3-4-5-6-7-8-9-10-11-12-13-14-19(23)27-16-18-21(25)20(24)17(22)15-26-18/h17-18,20-22,24-25H,2-16H2,1H3/t17-,18-,20-,21-/m1/s1. The number of carbonyl (C=O) groups is 1. The van der Waals surface area contributed by atoms with Gasteiger partial charge < -0.3 is 24.8 Å². The summed E-state index contributed by atoms with van der Waals surface area (Å²) >= 11 is 0. The van der Waals surface area contributed by atoms with Crippen LogP contribution in [0.2, 0.25) is 0 Å². The molecule has 0 aromatic heterocycles. The van der Waals surface area contributed by atoms with Crippen LogP contribution in [-0.2, 0) is 14.3 Å². The van der Waals surface area contributed by atoms with E-state index in [1.54, 1.807) is 0 Å². The van der Waals surface area contributed by atoms with E-state index in [4.69, 9.17) is 9.47 Å². The number of unbranched alkanes of at least 4 members (excludes halogenated alkanes) is 11. The van der Waals surface area contributed by atoms with Crippen LogP contribution in [0.1, 0.15) is 90.4 Å². The summed E-state index contributed by atoms with van der Waals surface area (Å²) in [7, 11) is 0. The average Bonchev–Trinajstić information content (AvgIpc) is 2.66.